The van der Waals surface area contributed by atoms with Crippen molar-refractivity contribution < 1.29 is 9.53 Å². The average molecular weight is 409 g/mol. The van der Waals surface area contributed by atoms with E-state index in [9.17, 15) is 4.79 Å². The summed E-state index contributed by atoms with van der Waals surface area (Å²) in [7, 11) is 0. The number of rotatable bonds is 4. The van der Waals surface area contributed by atoms with Gasteiger partial charge in [0, 0.05) is 19.5 Å². The average Bonchev–Trinajstić information content (AvgIpc) is 3.21. The van der Waals surface area contributed by atoms with E-state index in [1.165, 1.54) is 0 Å². The predicted octanol–water partition coefficient (Wildman–Crippen LogP) is 4.13. The summed E-state index contributed by atoms with van der Waals surface area (Å²) in [6.45, 7) is 1.85. The normalized spacial score (nSPS) is 20.4. The summed E-state index contributed by atoms with van der Waals surface area (Å²) in [5, 5.41) is 9.04. The summed E-state index contributed by atoms with van der Waals surface area (Å²) < 4.78 is 6.37. The molecule has 5 rings (SSSR count). The topological polar surface area (TPSA) is 56.6 Å². The molecule has 0 aliphatic carbocycles. The predicted molar refractivity (Wildman–Crippen MR) is 118 cm³/mol. The Morgan fingerprint density at radius 1 is 0.903 bits per heavy atom. The van der Waals surface area contributed by atoms with E-state index < -0.39 is 0 Å². The Hall–Kier alpha value is -3.62. The molecule has 1 saturated heterocycles. The van der Waals surface area contributed by atoms with Crippen molar-refractivity contribution in [2.75, 3.05) is 11.4 Å². The number of nitriles is 1. The number of benzene rings is 3. The first-order chi connectivity index (χ1) is 15.2. The molecular weight excluding hydrogens is 386 g/mol. The van der Waals surface area contributed by atoms with E-state index >= 15 is 0 Å². The molecule has 2 heterocycles. The fourth-order valence-corrected chi connectivity index (χ4v) is 4.48. The van der Waals surface area contributed by atoms with E-state index in [1.807, 2.05) is 83.8 Å². The molecule has 5 nitrogen and oxygen atoms in total. The Labute approximate surface area is 182 Å². The summed E-state index contributed by atoms with van der Waals surface area (Å²) in [4.78, 5) is 17.9. The molecule has 3 aromatic carbocycles. The second-order valence-electron chi connectivity index (χ2n) is 8.11. The highest BCUT2D eigenvalue weighted by Gasteiger charge is 2.42. The Balaban J connectivity index is 1.46. The van der Waals surface area contributed by atoms with Gasteiger partial charge in [-0.3, -0.25) is 9.69 Å². The molecule has 5 heteroatoms. The summed E-state index contributed by atoms with van der Waals surface area (Å²) >= 11 is 0. The third kappa shape index (κ3) is 3.90. The lowest BCUT2D eigenvalue weighted by atomic mass is 10.1. The third-order valence-electron chi connectivity index (χ3n) is 6.02. The number of fused-ring (bicyclic) bond motifs is 3. The van der Waals surface area contributed by atoms with Crippen molar-refractivity contribution in [3.63, 3.8) is 0 Å². The van der Waals surface area contributed by atoms with Crippen LogP contribution in [0.1, 0.15) is 23.1 Å². The van der Waals surface area contributed by atoms with Crippen LogP contribution in [-0.2, 0) is 17.9 Å². The summed E-state index contributed by atoms with van der Waals surface area (Å²) in [6.07, 6.45) is 0.654. The van der Waals surface area contributed by atoms with Crippen molar-refractivity contribution in [1.29, 1.82) is 5.26 Å². The minimum absolute atomic E-state index is 0.0210. The number of carbonyl (C=O) groups excluding carboxylic acids is 1. The summed E-state index contributed by atoms with van der Waals surface area (Å²) in [5.41, 5.74) is 3.64. The molecule has 0 saturated carbocycles. The van der Waals surface area contributed by atoms with Gasteiger partial charge in [0.15, 0.2) is 0 Å². The van der Waals surface area contributed by atoms with Gasteiger partial charge in [-0.1, -0.05) is 54.6 Å². The zero-order chi connectivity index (χ0) is 21.2. The molecule has 0 spiro atoms. The van der Waals surface area contributed by atoms with Crippen LogP contribution in [0.25, 0.3) is 0 Å². The molecule has 3 aromatic rings. The SMILES string of the molecule is N#Cc1ccc(CN2CC3CC2C(=O)N(Cc2ccccc2)c2ccccc2O3)cc1. The van der Waals surface area contributed by atoms with Gasteiger partial charge >= 0.3 is 0 Å². The molecule has 0 N–H and O–H groups in total. The zero-order valence-corrected chi connectivity index (χ0v) is 17.1. The lowest BCUT2D eigenvalue weighted by Crippen LogP contribution is -2.45. The van der Waals surface area contributed by atoms with Crippen LogP contribution >= 0.6 is 0 Å². The highest BCUT2D eigenvalue weighted by molar-refractivity contribution is 5.99. The van der Waals surface area contributed by atoms with Gasteiger partial charge in [0.1, 0.15) is 11.9 Å². The van der Waals surface area contributed by atoms with Crippen LogP contribution in [0.5, 0.6) is 5.75 Å². The van der Waals surface area contributed by atoms with Gasteiger partial charge in [0.05, 0.1) is 29.9 Å². The molecule has 154 valence electrons. The van der Waals surface area contributed by atoms with E-state index in [4.69, 9.17) is 10.00 Å². The number of anilines is 1. The van der Waals surface area contributed by atoms with Crippen LogP contribution < -0.4 is 9.64 Å². The maximum Gasteiger partial charge on any atom is 0.244 e. The van der Waals surface area contributed by atoms with Crippen molar-refractivity contribution in [1.82, 2.24) is 4.90 Å². The highest BCUT2D eigenvalue weighted by Crippen LogP contribution is 2.37. The van der Waals surface area contributed by atoms with E-state index in [0.717, 1.165) is 22.6 Å². The van der Waals surface area contributed by atoms with E-state index in [-0.39, 0.29) is 18.1 Å². The number of carbonyl (C=O) groups is 1. The highest BCUT2D eigenvalue weighted by atomic mass is 16.5. The standard InChI is InChI=1S/C26H23N3O2/c27-15-19-10-12-21(13-11-19)16-28-18-22-14-24(28)26(30)29(17-20-6-2-1-3-7-20)23-8-4-5-9-25(23)31-22/h1-13,22,24H,14,16-18H2. The number of likely N-dealkylation sites (tertiary alicyclic amines) is 1. The quantitative estimate of drug-likeness (QED) is 0.650. The van der Waals surface area contributed by atoms with E-state index in [2.05, 4.69) is 11.0 Å². The molecule has 2 unspecified atom stereocenters. The lowest BCUT2D eigenvalue weighted by molar-refractivity contribution is -0.123. The van der Waals surface area contributed by atoms with Gasteiger partial charge in [-0.25, -0.2) is 0 Å². The van der Waals surface area contributed by atoms with Gasteiger partial charge in [0.2, 0.25) is 5.91 Å². The zero-order valence-electron chi connectivity index (χ0n) is 17.1. The number of hydrogen-bond acceptors (Lipinski definition) is 4. The van der Waals surface area contributed by atoms with Crippen molar-refractivity contribution in [2.24, 2.45) is 0 Å². The van der Waals surface area contributed by atoms with Gasteiger partial charge in [-0.05, 0) is 35.4 Å². The number of hydrogen-bond donors (Lipinski definition) is 0. The largest absolute Gasteiger partial charge is 0.487 e. The molecule has 0 aromatic heterocycles. The van der Waals surface area contributed by atoms with Crippen molar-refractivity contribution >= 4 is 11.6 Å². The Kier molecular flexibility index (Phi) is 5.15. The fraction of sp³-hybridized carbons (Fsp3) is 0.231. The molecule has 2 aliphatic heterocycles. The van der Waals surface area contributed by atoms with Crippen LogP contribution in [0.2, 0.25) is 0 Å². The second-order valence-corrected chi connectivity index (χ2v) is 8.11. The van der Waals surface area contributed by atoms with Gasteiger partial charge < -0.3 is 9.64 Å². The molecule has 2 bridgehead atoms. The lowest BCUT2D eigenvalue weighted by Gasteiger charge is -2.32. The molecule has 2 aliphatic rings. The number of amides is 1. The number of ether oxygens (including phenoxy) is 1. The van der Waals surface area contributed by atoms with Crippen molar-refractivity contribution in [3.8, 4) is 11.8 Å². The molecule has 31 heavy (non-hydrogen) atoms. The molecular formula is C26H23N3O2. The molecule has 2 atom stereocenters. The van der Waals surface area contributed by atoms with Gasteiger partial charge in [-0.2, -0.15) is 5.26 Å². The molecule has 1 amide bonds. The van der Waals surface area contributed by atoms with Crippen LogP contribution in [0.4, 0.5) is 5.69 Å². The minimum atomic E-state index is -0.238. The second kappa shape index (κ2) is 8.25. The Morgan fingerprint density at radius 3 is 2.39 bits per heavy atom. The monoisotopic (exact) mass is 409 g/mol. The first-order valence-electron chi connectivity index (χ1n) is 10.6. The van der Waals surface area contributed by atoms with Crippen LogP contribution in [0, 0.1) is 11.3 Å². The van der Waals surface area contributed by atoms with Crippen LogP contribution in [0.15, 0.2) is 78.9 Å². The van der Waals surface area contributed by atoms with Crippen LogP contribution in [-0.4, -0.2) is 29.5 Å². The van der Waals surface area contributed by atoms with E-state index in [1.54, 1.807) is 0 Å². The fourth-order valence-electron chi connectivity index (χ4n) is 4.48. The smallest absolute Gasteiger partial charge is 0.244 e. The van der Waals surface area contributed by atoms with Crippen LogP contribution in [0.3, 0.4) is 0 Å². The maximum absolute atomic E-state index is 13.8. The maximum atomic E-state index is 13.8. The van der Waals surface area contributed by atoms with Crippen molar-refractivity contribution in [2.45, 2.75) is 31.7 Å². The first-order valence-corrected chi connectivity index (χ1v) is 10.6. The summed E-state index contributed by atoms with van der Waals surface area (Å²) in [6, 6.07) is 27.4. The Bertz CT molecular complexity index is 1120. The minimum Gasteiger partial charge on any atom is -0.487 e. The van der Waals surface area contributed by atoms with Gasteiger partial charge in [0.25, 0.3) is 0 Å². The third-order valence-corrected chi connectivity index (χ3v) is 6.02. The number of para-hydroxylation sites is 2. The van der Waals surface area contributed by atoms with Crippen molar-refractivity contribution in [3.05, 3.63) is 95.6 Å². The Morgan fingerprint density at radius 2 is 1.61 bits per heavy atom. The first kappa shape index (κ1) is 19.3. The van der Waals surface area contributed by atoms with E-state index in [0.29, 0.717) is 31.6 Å². The summed E-state index contributed by atoms with van der Waals surface area (Å²) in [5.74, 6) is 0.867. The van der Waals surface area contributed by atoms with Gasteiger partial charge in [-0.15, -0.1) is 0 Å². The number of nitrogens with zero attached hydrogens (tertiary/aromatic N) is 3. The molecule has 0 radical (unpaired) electrons. The molecule has 1 fully saturated rings.